The summed E-state index contributed by atoms with van der Waals surface area (Å²) in [7, 11) is 0. The van der Waals surface area contributed by atoms with Crippen molar-refractivity contribution < 1.29 is 27.1 Å². The third kappa shape index (κ3) is 3.81. The van der Waals surface area contributed by atoms with Crippen LogP contribution >= 0.6 is 15.9 Å². The second-order valence-corrected chi connectivity index (χ2v) is 4.10. The van der Waals surface area contributed by atoms with Gasteiger partial charge >= 0.3 is 6.18 Å². The summed E-state index contributed by atoms with van der Waals surface area (Å²) in [6.07, 6.45) is -7.53. The van der Waals surface area contributed by atoms with E-state index >= 15 is 0 Å². The van der Waals surface area contributed by atoms with Crippen molar-refractivity contribution in [3.8, 4) is 0 Å². The minimum absolute atomic E-state index is 0.120. The molecule has 0 spiro atoms. The van der Waals surface area contributed by atoms with Crippen LogP contribution in [0, 0.1) is 11.6 Å². The first-order valence-electron chi connectivity index (χ1n) is 4.35. The molecule has 0 saturated carbocycles. The molecule has 1 aromatic carbocycles. The average Bonchev–Trinajstić information content (AvgIpc) is 2.13. The zero-order chi connectivity index (χ0) is 13.2. The van der Waals surface area contributed by atoms with Crippen LogP contribution in [0.4, 0.5) is 27.6 Å². The summed E-state index contributed by atoms with van der Waals surface area (Å²) >= 11 is 2.82. The van der Waals surface area contributed by atoms with Crippen LogP contribution in [0.2, 0.25) is 0 Å². The monoisotopic (exact) mass is 319 g/mol. The standard InChI is InChI=1S/C9H7BrF5NO/c10-4-1-5(11)8(6(12)2-4)16-3-7(17)9(13,14)15/h1-2,7,16-17H,3H2. The van der Waals surface area contributed by atoms with Gasteiger partial charge in [-0.15, -0.1) is 0 Å². The van der Waals surface area contributed by atoms with Crippen LogP contribution < -0.4 is 5.32 Å². The highest BCUT2D eigenvalue weighted by Crippen LogP contribution is 2.25. The molecule has 0 aliphatic carbocycles. The highest BCUT2D eigenvalue weighted by atomic mass is 79.9. The average molecular weight is 320 g/mol. The number of aliphatic hydroxyl groups is 1. The maximum atomic E-state index is 13.2. The number of hydrogen-bond donors (Lipinski definition) is 2. The summed E-state index contributed by atoms with van der Waals surface area (Å²) in [5.74, 6) is -2.10. The quantitative estimate of drug-likeness (QED) is 0.839. The van der Waals surface area contributed by atoms with Crippen molar-refractivity contribution in [3.05, 3.63) is 28.2 Å². The molecule has 8 heteroatoms. The molecule has 0 amide bonds. The van der Waals surface area contributed by atoms with Crippen molar-refractivity contribution in [2.75, 3.05) is 11.9 Å². The van der Waals surface area contributed by atoms with E-state index in [4.69, 9.17) is 5.11 Å². The molecule has 0 saturated heterocycles. The second-order valence-electron chi connectivity index (χ2n) is 3.18. The van der Waals surface area contributed by atoms with Gasteiger partial charge < -0.3 is 10.4 Å². The van der Waals surface area contributed by atoms with Gasteiger partial charge in [0, 0.05) is 11.0 Å². The first-order chi connectivity index (χ1) is 7.71. The Kier molecular flexibility index (Phi) is 4.31. The number of rotatable bonds is 3. The fourth-order valence-electron chi connectivity index (χ4n) is 1.03. The zero-order valence-corrected chi connectivity index (χ0v) is 9.74. The number of hydrogen-bond acceptors (Lipinski definition) is 2. The molecule has 2 N–H and O–H groups in total. The lowest BCUT2D eigenvalue weighted by atomic mass is 10.2. The molecule has 96 valence electrons. The summed E-state index contributed by atoms with van der Waals surface area (Å²) in [6.45, 7) is -1.03. The molecule has 1 atom stereocenters. The Labute approximate surface area is 102 Å². The van der Waals surface area contributed by atoms with Gasteiger partial charge in [-0.2, -0.15) is 13.2 Å². The Hall–Kier alpha value is -0.890. The number of halogens is 6. The molecule has 0 aliphatic rings. The van der Waals surface area contributed by atoms with Crippen LogP contribution in [0.15, 0.2) is 16.6 Å². The first kappa shape index (κ1) is 14.2. The summed E-state index contributed by atoms with van der Waals surface area (Å²) in [5.41, 5.74) is -0.712. The van der Waals surface area contributed by atoms with Crippen molar-refractivity contribution in [2.45, 2.75) is 12.3 Å². The maximum absolute atomic E-state index is 13.2. The molecule has 1 unspecified atom stereocenters. The number of alkyl halides is 3. The van der Waals surface area contributed by atoms with E-state index in [0.29, 0.717) is 0 Å². The zero-order valence-electron chi connectivity index (χ0n) is 8.15. The Morgan fingerprint density at radius 2 is 1.71 bits per heavy atom. The van der Waals surface area contributed by atoms with E-state index in [0.717, 1.165) is 12.1 Å². The summed E-state index contributed by atoms with van der Waals surface area (Å²) in [6, 6.07) is 1.79. The summed E-state index contributed by atoms with van der Waals surface area (Å²) < 4.78 is 62.2. The molecule has 0 aromatic heterocycles. The predicted molar refractivity (Wildman–Crippen MR) is 54.6 cm³/mol. The fourth-order valence-corrected chi connectivity index (χ4v) is 1.43. The van der Waals surface area contributed by atoms with Gasteiger partial charge in [-0.25, -0.2) is 8.78 Å². The van der Waals surface area contributed by atoms with Gasteiger partial charge in [-0.1, -0.05) is 15.9 Å². The van der Waals surface area contributed by atoms with Crippen LogP contribution in [-0.2, 0) is 0 Å². The molecule has 0 aliphatic heterocycles. The van der Waals surface area contributed by atoms with Crippen LogP contribution in [-0.4, -0.2) is 23.9 Å². The number of benzene rings is 1. The molecule has 0 fully saturated rings. The lowest BCUT2D eigenvalue weighted by Crippen LogP contribution is -2.35. The Bertz CT molecular complexity index is 386. The fraction of sp³-hybridized carbons (Fsp3) is 0.333. The number of nitrogens with one attached hydrogen (secondary N) is 1. The Morgan fingerprint density at radius 1 is 1.24 bits per heavy atom. The number of aliphatic hydroxyl groups excluding tert-OH is 1. The third-order valence-corrected chi connectivity index (χ3v) is 2.31. The van der Waals surface area contributed by atoms with Crippen LogP contribution in [0.3, 0.4) is 0 Å². The van der Waals surface area contributed by atoms with E-state index in [1.807, 2.05) is 5.32 Å². The lowest BCUT2D eigenvalue weighted by molar-refractivity contribution is -0.198. The smallest absolute Gasteiger partial charge is 0.382 e. The molecule has 0 bridgehead atoms. The van der Waals surface area contributed by atoms with Gasteiger partial charge in [-0.05, 0) is 12.1 Å². The Morgan fingerprint density at radius 3 is 2.12 bits per heavy atom. The first-order valence-corrected chi connectivity index (χ1v) is 5.14. The predicted octanol–water partition coefficient (Wildman–Crippen LogP) is 3.06. The van der Waals surface area contributed by atoms with Crippen molar-refractivity contribution in [1.82, 2.24) is 0 Å². The molecule has 17 heavy (non-hydrogen) atoms. The van der Waals surface area contributed by atoms with E-state index in [-0.39, 0.29) is 4.47 Å². The van der Waals surface area contributed by atoms with Crippen LogP contribution in [0.1, 0.15) is 0 Å². The molecule has 0 radical (unpaired) electrons. The summed E-state index contributed by atoms with van der Waals surface area (Å²) in [4.78, 5) is 0. The SMILES string of the molecule is OC(CNc1c(F)cc(Br)cc1F)C(F)(F)F. The lowest BCUT2D eigenvalue weighted by Gasteiger charge is -2.16. The number of anilines is 1. The topological polar surface area (TPSA) is 32.3 Å². The highest BCUT2D eigenvalue weighted by molar-refractivity contribution is 9.10. The van der Waals surface area contributed by atoms with Crippen molar-refractivity contribution >= 4 is 21.6 Å². The largest absolute Gasteiger partial charge is 0.416 e. The van der Waals surface area contributed by atoms with Crippen LogP contribution in [0.25, 0.3) is 0 Å². The van der Waals surface area contributed by atoms with Crippen molar-refractivity contribution in [1.29, 1.82) is 0 Å². The van der Waals surface area contributed by atoms with E-state index in [1.165, 1.54) is 0 Å². The maximum Gasteiger partial charge on any atom is 0.416 e. The van der Waals surface area contributed by atoms with Crippen LogP contribution in [0.5, 0.6) is 0 Å². The van der Waals surface area contributed by atoms with Gasteiger partial charge in [0.25, 0.3) is 0 Å². The molecular formula is C9H7BrF5NO. The van der Waals surface area contributed by atoms with Crippen molar-refractivity contribution in [3.63, 3.8) is 0 Å². The molecular weight excluding hydrogens is 313 g/mol. The molecule has 1 aromatic rings. The van der Waals surface area contributed by atoms with Gasteiger partial charge in [0.05, 0.1) is 0 Å². The normalized spacial score (nSPS) is 13.6. The highest BCUT2D eigenvalue weighted by Gasteiger charge is 2.38. The Balaban J connectivity index is 2.77. The minimum atomic E-state index is -4.84. The molecule has 2 nitrogen and oxygen atoms in total. The van der Waals surface area contributed by atoms with Gasteiger partial charge in [0.1, 0.15) is 17.3 Å². The molecule has 1 rings (SSSR count). The van der Waals surface area contributed by atoms with E-state index in [2.05, 4.69) is 15.9 Å². The minimum Gasteiger partial charge on any atom is -0.382 e. The van der Waals surface area contributed by atoms with Gasteiger partial charge in [0.2, 0.25) is 0 Å². The van der Waals surface area contributed by atoms with Gasteiger partial charge in [0.15, 0.2) is 6.10 Å². The van der Waals surface area contributed by atoms with E-state index < -0.39 is 36.1 Å². The summed E-state index contributed by atoms with van der Waals surface area (Å²) in [5, 5.41) is 10.5. The molecule has 0 heterocycles. The van der Waals surface area contributed by atoms with E-state index in [1.54, 1.807) is 0 Å². The van der Waals surface area contributed by atoms with Crippen molar-refractivity contribution in [2.24, 2.45) is 0 Å². The second kappa shape index (κ2) is 5.18. The third-order valence-electron chi connectivity index (χ3n) is 1.86. The van der Waals surface area contributed by atoms with E-state index in [9.17, 15) is 22.0 Å². The van der Waals surface area contributed by atoms with Gasteiger partial charge in [-0.3, -0.25) is 0 Å².